The molecule has 1 aromatic rings. The van der Waals surface area contributed by atoms with Crippen molar-refractivity contribution in [1.82, 2.24) is 0 Å². The van der Waals surface area contributed by atoms with Crippen LogP contribution in [0.25, 0.3) is 0 Å². The molecule has 2 rings (SSSR count). The van der Waals surface area contributed by atoms with Crippen LogP contribution in [0.1, 0.15) is 41.5 Å². The van der Waals surface area contributed by atoms with Gasteiger partial charge in [0.25, 0.3) is 0 Å². The van der Waals surface area contributed by atoms with E-state index >= 15 is 0 Å². The first kappa shape index (κ1) is 11.2. The Morgan fingerprint density at radius 3 is 2.25 bits per heavy atom. The Morgan fingerprint density at radius 1 is 1.19 bits per heavy atom. The quantitative estimate of drug-likeness (QED) is 0.828. The van der Waals surface area contributed by atoms with Gasteiger partial charge in [0.05, 0.1) is 5.41 Å². The SMILES string of the molecule is Cc1ccc(C2(C(=O)O)CCC2)c(C)c1C. The highest BCUT2D eigenvalue weighted by Crippen LogP contribution is 2.45. The van der Waals surface area contributed by atoms with E-state index in [0.29, 0.717) is 0 Å². The van der Waals surface area contributed by atoms with Crippen molar-refractivity contribution in [2.24, 2.45) is 0 Å². The van der Waals surface area contributed by atoms with Crippen molar-refractivity contribution in [3.8, 4) is 0 Å². The molecule has 0 atom stereocenters. The molecule has 0 bridgehead atoms. The molecule has 0 unspecified atom stereocenters. The average Bonchev–Trinajstić information content (AvgIpc) is 2.16. The van der Waals surface area contributed by atoms with E-state index in [2.05, 4.69) is 13.8 Å². The van der Waals surface area contributed by atoms with Crippen LogP contribution < -0.4 is 0 Å². The average molecular weight is 218 g/mol. The van der Waals surface area contributed by atoms with Crippen molar-refractivity contribution < 1.29 is 9.90 Å². The predicted molar refractivity (Wildman–Crippen MR) is 63.8 cm³/mol. The van der Waals surface area contributed by atoms with Gasteiger partial charge in [-0.1, -0.05) is 18.6 Å². The fourth-order valence-corrected chi connectivity index (χ4v) is 2.60. The summed E-state index contributed by atoms with van der Waals surface area (Å²) in [5, 5.41) is 9.42. The molecular weight excluding hydrogens is 200 g/mol. The molecule has 1 aromatic carbocycles. The first-order valence-corrected chi connectivity index (χ1v) is 5.80. The summed E-state index contributed by atoms with van der Waals surface area (Å²) in [7, 11) is 0. The predicted octanol–water partition coefficient (Wildman–Crippen LogP) is 3.12. The number of rotatable bonds is 2. The Kier molecular flexibility index (Phi) is 2.53. The Morgan fingerprint density at radius 2 is 1.81 bits per heavy atom. The second kappa shape index (κ2) is 3.62. The van der Waals surface area contributed by atoms with Gasteiger partial charge in [0.1, 0.15) is 0 Å². The molecule has 0 heterocycles. The highest BCUT2D eigenvalue weighted by Gasteiger charge is 2.46. The van der Waals surface area contributed by atoms with Crippen molar-refractivity contribution in [2.45, 2.75) is 45.4 Å². The highest BCUT2D eigenvalue weighted by molar-refractivity contribution is 5.83. The molecule has 2 nitrogen and oxygen atoms in total. The molecule has 1 N–H and O–H groups in total. The van der Waals surface area contributed by atoms with E-state index in [-0.39, 0.29) is 0 Å². The van der Waals surface area contributed by atoms with E-state index in [1.807, 2.05) is 19.1 Å². The molecule has 1 fully saturated rings. The molecule has 1 aliphatic carbocycles. The van der Waals surface area contributed by atoms with Crippen LogP contribution in [0, 0.1) is 20.8 Å². The molecule has 0 amide bonds. The molecule has 0 spiro atoms. The second-order valence-corrected chi connectivity index (χ2v) is 4.92. The van der Waals surface area contributed by atoms with Crippen molar-refractivity contribution in [3.05, 3.63) is 34.4 Å². The third-order valence-electron chi connectivity index (χ3n) is 4.19. The van der Waals surface area contributed by atoms with Crippen LogP contribution in [0.3, 0.4) is 0 Å². The number of hydrogen-bond donors (Lipinski definition) is 1. The summed E-state index contributed by atoms with van der Waals surface area (Å²) in [6, 6.07) is 4.05. The van der Waals surface area contributed by atoms with Crippen molar-refractivity contribution in [2.75, 3.05) is 0 Å². The number of carboxylic acid groups (broad SMARTS) is 1. The lowest BCUT2D eigenvalue weighted by molar-refractivity contribution is -0.147. The fraction of sp³-hybridized carbons (Fsp3) is 0.500. The fourth-order valence-electron chi connectivity index (χ4n) is 2.60. The van der Waals surface area contributed by atoms with Gasteiger partial charge in [-0.05, 0) is 55.9 Å². The van der Waals surface area contributed by atoms with Crippen LogP contribution >= 0.6 is 0 Å². The Labute approximate surface area is 96.3 Å². The minimum Gasteiger partial charge on any atom is -0.481 e. The molecule has 0 radical (unpaired) electrons. The molecule has 0 aliphatic heterocycles. The van der Waals surface area contributed by atoms with Crippen molar-refractivity contribution in [1.29, 1.82) is 0 Å². The molecule has 1 saturated carbocycles. The van der Waals surface area contributed by atoms with E-state index in [0.717, 1.165) is 30.4 Å². The van der Waals surface area contributed by atoms with Gasteiger partial charge in [-0.25, -0.2) is 0 Å². The van der Waals surface area contributed by atoms with E-state index in [9.17, 15) is 9.90 Å². The van der Waals surface area contributed by atoms with Crippen molar-refractivity contribution in [3.63, 3.8) is 0 Å². The molecule has 0 saturated heterocycles. The lowest BCUT2D eigenvalue weighted by Crippen LogP contribution is -2.43. The van der Waals surface area contributed by atoms with Gasteiger partial charge in [0, 0.05) is 0 Å². The largest absolute Gasteiger partial charge is 0.481 e. The Balaban J connectivity index is 2.56. The van der Waals surface area contributed by atoms with Gasteiger partial charge in [-0.15, -0.1) is 0 Å². The molecular formula is C14H18O2. The number of hydrogen-bond acceptors (Lipinski definition) is 1. The number of carbonyl (C=O) groups is 1. The summed E-state index contributed by atoms with van der Waals surface area (Å²) in [4.78, 5) is 11.5. The van der Waals surface area contributed by atoms with E-state index < -0.39 is 11.4 Å². The number of carboxylic acids is 1. The van der Waals surface area contributed by atoms with Crippen LogP contribution in [-0.4, -0.2) is 11.1 Å². The molecule has 2 heteroatoms. The van der Waals surface area contributed by atoms with E-state index in [4.69, 9.17) is 0 Å². The van der Waals surface area contributed by atoms with E-state index in [1.54, 1.807) is 0 Å². The number of benzene rings is 1. The summed E-state index contributed by atoms with van der Waals surface area (Å²) < 4.78 is 0. The standard InChI is InChI=1S/C14H18O2/c1-9-5-6-12(11(3)10(9)2)14(13(15)16)7-4-8-14/h5-6H,4,7-8H2,1-3H3,(H,15,16). The summed E-state index contributed by atoms with van der Waals surface area (Å²) in [6.07, 6.45) is 2.59. The van der Waals surface area contributed by atoms with Gasteiger partial charge in [0.2, 0.25) is 0 Å². The maximum absolute atomic E-state index is 11.5. The van der Waals surface area contributed by atoms with Gasteiger partial charge in [-0.3, -0.25) is 4.79 Å². The zero-order chi connectivity index (χ0) is 11.9. The summed E-state index contributed by atoms with van der Waals surface area (Å²) >= 11 is 0. The van der Waals surface area contributed by atoms with Gasteiger partial charge >= 0.3 is 5.97 Å². The molecule has 86 valence electrons. The minimum absolute atomic E-state index is 0.595. The summed E-state index contributed by atoms with van der Waals surface area (Å²) in [5.41, 5.74) is 4.05. The molecule has 16 heavy (non-hydrogen) atoms. The summed E-state index contributed by atoms with van der Waals surface area (Å²) in [5.74, 6) is -0.662. The maximum Gasteiger partial charge on any atom is 0.314 e. The van der Waals surface area contributed by atoms with Crippen molar-refractivity contribution >= 4 is 5.97 Å². The molecule has 1 aliphatic rings. The zero-order valence-electron chi connectivity index (χ0n) is 10.1. The third-order valence-corrected chi connectivity index (χ3v) is 4.19. The lowest BCUT2D eigenvalue weighted by atomic mass is 9.63. The monoisotopic (exact) mass is 218 g/mol. The van der Waals surface area contributed by atoms with Crippen LogP contribution in [0.15, 0.2) is 12.1 Å². The summed E-state index contributed by atoms with van der Waals surface area (Å²) in [6.45, 7) is 6.18. The zero-order valence-corrected chi connectivity index (χ0v) is 10.1. The maximum atomic E-state index is 11.5. The van der Waals surface area contributed by atoms with Crippen LogP contribution in [0.5, 0.6) is 0 Å². The Hall–Kier alpha value is -1.31. The minimum atomic E-state index is -0.662. The van der Waals surface area contributed by atoms with E-state index in [1.165, 1.54) is 11.1 Å². The normalized spacial score (nSPS) is 17.9. The number of aryl methyl sites for hydroxylation is 1. The molecule has 0 aromatic heterocycles. The highest BCUT2D eigenvalue weighted by atomic mass is 16.4. The topological polar surface area (TPSA) is 37.3 Å². The van der Waals surface area contributed by atoms with Crippen LogP contribution in [0.2, 0.25) is 0 Å². The van der Waals surface area contributed by atoms with Crippen LogP contribution in [0.4, 0.5) is 0 Å². The van der Waals surface area contributed by atoms with Gasteiger partial charge < -0.3 is 5.11 Å². The van der Waals surface area contributed by atoms with Gasteiger partial charge in [0.15, 0.2) is 0 Å². The van der Waals surface area contributed by atoms with Crippen LogP contribution in [-0.2, 0) is 10.2 Å². The second-order valence-electron chi connectivity index (χ2n) is 4.92. The Bertz CT molecular complexity index is 442. The first-order valence-electron chi connectivity index (χ1n) is 5.80. The smallest absolute Gasteiger partial charge is 0.314 e. The lowest BCUT2D eigenvalue weighted by Gasteiger charge is -2.39. The third kappa shape index (κ3) is 1.36. The number of aliphatic carboxylic acids is 1. The van der Waals surface area contributed by atoms with Gasteiger partial charge in [-0.2, -0.15) is 0 Å². The first-order chi connectivity index (χ1) is 7.49.